The van der Waals surface area contributed by atoms with Gasteiger partial charge in [-0.2, -0.15) is 0 Å². The molecule has 0 aromatic carbocycles. The lowest BCUT2D eigenvalue weighted by molar-refractivity contribution is -0.120. The number of nitrogens with zero attached hydrogens (tertiary/aromatic N) is 1. The highest BCUT2D eigenvalue weighted by Crippen LogP contribution is 2.23. The Bertz CT molecular complexity index is 247. The maximum absolute atomic E-state index is 11.2. The quantitative estimate of drug-likeness (QED) is 0.722. The summed E-state index contributed by atoms with van der Waals surface area (Å²) in [6, 6.07) is 1.20. The molecule has 0 aliphatic heterocycles. The maximum atomic E-state index is 11.2. The van der Waals surface area contributed by atoms with E-state index in [2.05, 4.69) is 31.0 Å². The number of amides is 1. The first-order valence-corrected chi connectivity index (χ1v) is 7.28. The largest absolute Gasteiger partial charge is 0.369 e. The third kappa shape index (κ3) is 5.36. The smallest absolute Gasteiger partial charge is 0.231 e. The molecule has 1 amide bonds. The van der Waals surface area contributed by atoms with Crippen LogP contribution in [0.3, 0.4) is 0 Å². The highest BCUT2D eigenvalue weighted by molar-refractivity contribution is 5.75. The van der Waals surface area contributed by atoms with Crippen molar-refractivity contribution in [1.29, 1.82) is 0 Å². The average Bonchev–Trinajstić information content (AvgIpc) is 2.28. The Morgan fingerprint density at radius 2 is 1.94 bits per heavy atom. The lowest BCUT2D eigenvalue weighted by Crippen LogP contribution is -2.46. The van der Waals surface area contributed by atoms with Gasteiger partial charge in [0.25, 0.3) is 0 Å². The summed E-state index contributed by atoms with van der Waals surface area (Å²) in [6.07, 6.45) is 4.78. The van der Waals surface area contributed by atoms with Crippen LogP contribution < -0.4 is 11.1 Å². The molecule has 0 saturated heterocycles. The zero-order chi connectivity index (χ0) is 13.5. The van der Waals surface area contributed by atoms with Gasteiger partial charge >= 0.3 is 0 Å². The monoisotopic (exact) mass is 255 g/mol. The summed E-state index contributed by atoms with van der Waals surface area (Å²) < 4.78 is 0. The summed E-state index contributed by atoms with van der Waals surface area (Å²) >= 11 is 0. The first-order chi connectivity index (χ1) is 8.52. The fraction of sp³-hybridized carbons (Fsp3) is 0.929. The Balaban J connectivity index is 2.46. The number of nitrogens with one attached hydrogen (secondary N) is 1. The van der Waals surface area contributed by atoms with E-state index in [9.17, 15) is 4.79 Å². The van der Waals surface area contributed by atoms with Crippen LogP contribution in [0.5, 0.6) is 0 Å². The summed E-state index contributed by atoms with van der Waals surface area (Å²) in [5, 5.41) is 3.52. The van der Waals surface area contributed by atoms with Crippen molar-refractivity contribution in [2.75, 3.05) is 19.6 Å². The van der Waals surface area contributed by atoms with Crippen molar-refractivity contribution >= 4 is 5.91 Å². The lowest BCUT2D eigenvalue weighted by Gasteiger charge is -2.37. The molecule has 4 heteroatoms. The van der Waals surface area contributed by atoms with Crippen molar-refractivity contribution < 1.29 is 4.79 Å². The molecule has 1 saturated carbocycles. The minimum atomic E-state index is -0.204. The van der Waals surface area contributed by atoms with E-state index in [-0.39, 0.29) is 5.91 Å². The number of carbonyl (C=O) groups excluding carboxylic acids is 1. The van der Waals surface area contributed by atoms with Gasteiger partial charge in [-0.3, -0.25) is 9.69 Å². The number of nitrogens with two attached hydrogens (primary N) is 1. The van der Waals surface area contributed by atoms with Crippen LogP contribution in [0.25, 0.3) is 0 Å². The molecular formula is C14H29N3O. The predicted octanol–water partition coefficient (Wildman–Crippen LogP) is 1.35. The number of hydrogen-bond acceptors (Lipinski definition) is 3. The molecule has 0 aromatic rings. The predicted molar refractivity (Wildman–Crippen MR) is 75.3 cm³/mol. The molecular weight excluding hydrogens is 226 g/mol. The highest BCUT2D eigenvalue weighted by Gasteiger charge is 2.26. The summed E-state index contributed by atoms with van der Waals surface area (Å²) in [5.74, 6) is 0.375. The van der Waals surface area contributed by atoms with Crippen LogP contribution in [0.2, 0.25) is 0 Å². The Hall–Kier alpha value is -0.610. The van der Waals surface area contributed by atoms with Crippen molar-refractivity contribution in [3.8, 4) is 0 Å². The van der Waals surface area contributed by atoms with Gasteiger partial charge in [-0.15, -0.1) is 0 Å². The molecule has 1 rings (SSSR count). The van der Waals surface area contributed by atoms with Gasteiger partial charge in [-0.25, -0.2) is 0 Å². The standard InChI is InChI=1S/C14H29N3O/c1-4-16-12-5-7-13(8-6-12)17(9-11(2)3)10-14(15)18/h11-13,16H,4-10H2,1-3H3,(H2,15,18). The van der Waals surface area contributed by atoms with E-state index in [1.54, 1.807) is 0 Å². The second-order valence-corrected chi connectivity index (χ2v) is 5.85. The van der Waals surface area contributed by atoms with E-state index in [1.165, 1.54) is 25.7 Å². The summed E-state index contributed by atoms with van der Waals surface area (Å²) in [7, 11) is 0. The molecule has 0 spiro atoms. The zero-order valence-corrected chi connectivity index (χ0v) is 12.1. The van der Waals surface area contributed by atoms with Gasteiger partial charge in [0.05, 0.1) is 6.54 Å². The summed E-state index contributed by atoms with van der Waals surface area (Å²) in [5.41, 5.74) is 5.36. The average molecular weight is 255 g/mol. The molecule has 0 unspecified atom stereocenters. The van der Waals surface area contributed by atoms with Crippen molar-refractivity contribution in [2.45, 2.75) is 58.5 Å². The number of rotatable bonds is 7. The van der Waals surface area contributed by atoms with Crippen LogP contribution >= 0.6 is 0 Å². The fourth-order valence-corrected chi connectivity index (χ4v) is 2.95. The molecule has 18 heavy (non-hydrogen) atoms. The molecule has 0 heterocycles. The van der Waals surface area contributed by atoms with Crippen molar-refractivity contribution in [3.05, 3.63) is 0 Å². The molecule has 3 N–H and O–H groups in total. The van der Waals surface area contributed by atoms with Crippen LogP contribution in [0.4, 0.5) is 0 Å². The molecule has 0 radical (unpaired) electrons. The normalized spacial score (nSPS) is 24.7. The van der Waals surface area contributed by atoms with Gasteiger partial charge in [0.2, 0.25) is 5.91 Å². The topological polar surface area (TPSA) is 58.4 Å². The molecule has 0 bridgehead atoms. The Morgan fingerprint density at radius 1 is 1.33 bits per heavy atom. The van der Waals surface area contributed by atoms with Crippen LogP contribution in [0.15, 0.2) is 0 Å². The van der Waals surface area contributed by atoms with Gasteiger partial charge in [0.1, 0.15) is 0 Å². The fourth-order valence-electron chi connectivity index (χ4n) is 2.95. The Morgan fingerprint density at radius 3 is 2.39 bits per heavy atom. The van der Waals surface area contributed by atoms with E-state index >= 15 is 0 Å². The van der Waals surface area contributed by atoms with Gasteiger partial charge < -0.3 is 11.1 Å². The van der Waals surface area contributed by atoms with E-state index < -0.39 is 0 Å². The second-order valence-electron chi connectivity index (χ2n) is 5.85. The second kappa shape index (κ2) is 7.74. The first-order valence-electron chi connectivity index (χ1n) is 7.28. The van der Waals surface area contributed by atoms with E-state index in [0.717, 1.165) is 13.1 Å². The number of primary amides is 1. The van der Waals surface area contributed by atoms with E-state index in [1.807, 2.05) is 0 Å². The van der Waals surface area contributed by atoms with Crippen LogP contribution in [-0.4, -0.2) is 42.5 Å². The molecule has 0 aromatic heterocycles. The van der Waals surface area contributed by atoms with Gasteiger partial charge in [-0.05, 0) is 38.1 Å². The lowest BCUT2D eigenvalue weighted by atomic mass is 9.89. The molecule has 106 valence electrons. The number of hydrogen-bond donors (Lipinski definition) is 2. The van der Waals surface area contributed by atoms with Gasteiger partial charge in [0, 0.05) is 18.6 Å². The van der Waals surface area contributed by atoms with Gasteiger partial charge in [0.15, 0.2) is 0 Å². The van der Waals surface area contributed by atoms with Crippen LogP contribution in [0, 0.1) is 5.92 Å². The van der Waals surface area contributed by atoms with Crippen molar-refractivity contribution in [3.63, 3.8) is 0 Å². The zero-order valence-electron chi connectivity index (χ0n) is 12.1. The van der Waals surface area contributed by atoms with Crippen molar-refractivity contribution in [2.24, 2.45) is 11.7 Å². The third-order valence-electron chi connectivity index (χ3n) is 3.66. The molecule has 0 atom stereocenters. The van der Waals surface area contributed by atoms with Crippen LogP contribution in [0.1, 0.15) is 46.5 Å². The van der Waals surface area contributed by atoms with E-state index in [0.29, 0.717) is 24.5 Å². The van der Waals surface area contributed by atoms with E-state index in [4.69, 9.17) is 5.73 Å². The minimum absolute atomic E-state index is 0.204. The van der Waals surface area contributed by atoms with Crippen molar-refractivity contribution in [1.82, 2.24) is 10.2 Å². The third-order valence-corrected chi connectivity index (χ3v) is 3.66. The molecule has 1 aliphatic carbocycles. The summed E-state index contributed by atoms with van der Waals surface area (Å²) in [6.45, 7) is 8.97. The number of carbonyl (C=O) groups is 1. The SMILES string of the molecule is CCNC1CCC(N(CC(N)=O)CC(C)C)CC1. The molecule has 4 nitrogen and oxygen atoms in total. The Labute approximate surface area is 111 Å². The maximum Gasteiger partial charge on any atom is 0.231 e. The van der Waals surface area contributed by atoms with Crippen LogP contribution in [-0.2, 0) is 4.79 Å². The molecule has 1 fully saturated rings. The first kappa shape index (κ1) is 15.4. The minimum Gasteiger partial charge on any atom is -0.369 e. The van der Waals surface area contributed by atoms with Gasteiger partial charge in [-0.1, -0.05) is 20.8 Å². The molecule has 1 aliphatic rings. The Kier molecular flexibility index (Phi) is 6.65. The highest BCUT2D eigenvalue weighted by atomic mass is 16.1. The summed E-state index contributed by atoms with van der Waals surface area (Å²) in [4.78, 5) is 13.5.